The first-order valence-corrected chi connectivity index (χ1v) is 4.10. The van der Waals surface area contributed by atoms with Crippen molar-refractivity contribution in [3.63, 3.8) is 0 Å². The maximum atomic E-state index is 3.99. The van der Waals surface area contributed by atoms with Crippen LogP contribution in [0.2, 0.25) is 0 Å². The SMILES string of the molecule is C=C/N=C\c1ccccc1CC. The molecule has 0 aliphatic heterocycles. The maximum absolute atomic E-state index is 3.99. The minimum atomic E-state index is 1.04. The van der Waals surface area contributed by atoms with Gasteiger partial charge in [-0.05, 0) is 17.5 Å². The maximum Gasteiger partial charge on any atom is 0.0342 e. The molecule has 0 saturated heterocycles. The Labute approximate surface area is 73.5 Å². The summed E-state index contributed by atoms with van der Waals surface area (Å²) in [6, 6.07) is 8.24. The summed E-state index contributed by atoms with van der Waals surface area (Å²) in [7, 11) is 0. The largest absolute Gasteiger partial charge is 0.265 e. The van der Waals surface area contributed by atoms with Crippen LogP contribution >= 0.6 is 0 Å². The number of nitrogens with zero attached hydrogens (tertiary/aromatic N) is 1. The van der Waals surface area contributed by atoms with E-state index >= 15 is 0 Å². The summed E-state index contributed by atoms with van der Waals surface area (Å²) in [6.07, 6.45) is 4.43. The van der Waals surface area contributed by atoms with Crippen molar-refractivity contribution in [2.24, 2.45) is 4.99 Å². The third-order valence-electron chi connectivity index (χ3n) is 1.76. The van der Waals surface area contributed by atoms with Gasteiger partial charge in [-0.2, -0.15) is 0 Å². The van der Waals surface area contributed by atoms with Gasteiger partial charge in [0, 0.05) is 12.4 Å². The van der Waals surface area contributed by atoms with Gasteiger partial charge in [0.05, 0.1) is 0 Å². The number of hydrogen-bond acceptors (Lipinski definition) is 1. The molecule has 0 atom stereocenters. The Morgan fingerprint density at radius 3 is 2.83 bits per heavy atom. The highest BCUT2D eigenvalue weighted by atomic mass is 14.7. The molecule has 0 aromatic heterocycles. The summed E-state index contributed by atoms with van der Waals surface area (Å²) in [5.41, 5.74) is 2.50. The fourth-order valence-electron chi connectivity index (χ4n) is 1.12. The molecule has 1 aromatic carbocycles. The molecule has 0 N–H and O–H groups in total. The summed E-state index contributed by atoms with van der Waals surface area (Å²) in [4.78, 5) is 3.99. The molecule has 1 heteroatoms. The zero-order valence-electron chi connectivity index (χ0n) is 7.33. The highest BCUT2D eigenvalue weighted by Crippen LogP contribution is 2.06. The minimum absolute atomic E-state index is 1.04. The molecule has 1 nitrogen and oxygen atoms in total. The molecule has 0 amide bonds. The standard InChI is InChI=1S/C11H13N/c1-3-10-7-5-6-8-11(10)9-12-4-2/h4-9H,2-3H2,1H3/b12-9-. The third kappa shape index (κ3) is 2.06. The topological polar surface area (TPSA) is 12.4 Å². The lowest BCUT2D eigenvalue weighted by molar-refractivity contribution is 1.13. The van der Waals surface area contributed by atoms with Gasteiger partial charge in [-0.1, -0.05) is 37.8 Å². The van der Waals surface area contributed by atoms with Crippen LogP contribution in [0.25, 0.3) is 0 Å². The van der Waals surface area contributed by atoms with Crippen LogP contribution < -0.4 is 0 Å². The monoisotopic (exact) mass is 159 g/mol. The van der Waals surface area contributed by atoms with Crippen LogP contribution in [0.15, 0.2) is 42.0 Å². The lowest BCUT2D eigenvalue weighted by Gasteiger charge is -1.99. The van der Waals surface area contributed by atoms with E-state index in [9.17, 15) is 0 Å². The van der Waals surface area contributed by atoms with Crippen molar-refractivity contribution in [1.82, 2.24) is 0 Å². The van der Waals surface area contributed by atoms with E-state index in [0.29, 0.717) is 0 Å². The minimum Gasteiger partial charge on any atom is -0.265 e. The Hall–Kier alpha value is -1.37. The third-order valence-corrected chi connectivity index (χ3v) is 1.76. The smallest absolute Gasteiger partial charge is 0.0342 e. The van der Waals surface area contributed by atoms with Crippen LogP contribution in [0.4, 0.5) is 0 Å². The zero-order chi connectivity index (χ0) is 8.81. The number of aryl methyl sites for hydroxylation is 1. The molecule has 1 aromatic rings. The highest BCUT2D eigenvalue weighted by Gasteiger charge is 1.93. The van der Waals surface area contributed by atoms with E-state index < -0.39 is 0 Å². The summed E-state index contributed by atoms with van der Waals surface area (Å²) in [6.45, 7) is 5.67. The van der Waals surface area contributed by atoms with Crippen molar-refractivity contribution in [1.29, 1.82) is 0 Å². The second-order valence-corrected chi connectivity index (χ2v) is 2.51. The van der Waals surface area contributed by atoms with Gasteiger partial charge in [-0.15, -0.1) is 0 Å². The van der Waals surface area contributed by atoms with E-state index in [0.717, 1.165) is 6.42 Å². The van der Waals surface area contributed by atoms with Crippen LogP contribution in [0.5, 0.6) is 0 Å². The number of hydrogen-bond donors (Lipinski definition) is 0. The van der Waals surface area contributed by atoms with Gasteiger partial charge in [0.1, 0.15) is 0 Å². The van der Waals surface area contributed by atoms with Crippen LogP contribution in [-0.2, 0) is 6.42 Å². The lowest BCUT2D eigenvalue weighted by Crippen LogP contribution is -1.89. The van der Waals surface area contributed by atoms with E-state index in [1.807, 2.05) is 18.3 Å². The first-order chi connectivity index (χ1) is 5.88. The van der Waals surface area contributed by atoms with Gasteiger partial charge in [0.2, 0.25) is 0 Å². The Morgan fingerprint density at radius 2 is 2.17 bits per heavy atom. The fourth-order valence-corrected chi connectivity index (χ4v) is 1.12. The van der Waals surface area contributed by atoms with Crippen molar-refractivity contribution in [2.75, 3.05) is 0 Å². The van der Waals surface area contributed by atoms with E-state index in [-0.39, 0.29) is 0 Å². The van der Waals surface area contributed by atoms with Crippen LogP contribution in [-0.4, -0.2) is 6.21 Å². The van der Waals surface area contributed by atoms with Gasteiger partial charge < -0.3 is 0 Å². The van der Waals surface area contributed by atoms with Gasteiger partial charge in [-0.3, -0.25) is 4.99 Å². The molecule has 0 aliphatic rings. The molecule has 1 rings (SSSR count). The predicted molar refractivity (Wildman–Crippen MR) is 53.6 cm³/mol. The van der Waals surface area contributed by atoms with Crippen LogP contribution in [0.1, 0.15) is 18.1 Å². The Morgan fingerprint density at radius 1 is 1.42 bits per heavy atom. The predicted octanol–water partition coefficient (Wildman–Crippen LogP) is 2.81. The van der Waals surface area contributed by atoms with Gasteiger partial charge in [0.15, 0.2) is 0 Å². The first-order valence-electron chi connectivity index (χ1n) is 4.10. The number of aliphatic imine (C=N–C) groups is 1. The van der Waals surface area contributed by atoms with Crippen LogP contribution in [0, 0.1) is 0 Å². The number of rotatable bonds is 3. The molecular formula is C11H13N. The van der Waals surface area contributed by atoms with E-state index in [1.165, 1.54) is 11.1 Å². The molecule has 0 spiro atoms. The molecule has 0 saturated carbocycles. The van der Waals surface area contributed by atoms with E-state index in [1.54, 1.807) is 6.20 Å². The normalized spacial score (nSPS) is 10.4. The summed E-state index contributed by atoms with van der Waals surface area (Å²) >= 11 is 0. The molecule has 0 bridgehead atoms. The van der Waals surface area contributed by atoms with Gasteiger partial charge >= 0.3 is 0 Å². The van der Waals surface area contributed by atoms with E-state index in [2.05, 4.69) is 30.6 Å². The second kappa shape index (κ2) is 4.50. The summed E-state index contributed by atoms with van der Waals surface area (Å²) in [5, 5.41) is 0. The van der Waals surface area contributed by atoms with Gasteiger partial charge in [0.25, 0.3) is 0 Å². The molecule has 12 heavy (non-hydrogen) atoms. The van der Waals surface area contributed by atoms with Crippen molar-refractivity contribution in [3.05, 3.63) is 48.2 Å². The Kier molecular flexibility index (Phi) is 3.27. The molecule has 0 radical (unpaired) electrons. The molecule has 0 aliphatic carbocycles. The lowest BCUT2D eigenvalue weighted by atomic mass is 10.1. The summed E-state index contributed by atoms with van der Waals surface area (Å²) < 4.78 is 0. The van der Waals surface area contributed by atoms with Crippen molar-refractivity contribution in [3.8, 4) is 0 Å². The highest BCUT2D eigenvalue weighted by molar-refractivity contribution is 5.82. The van der Waals surface area contributed by atoms with Crippen molar-refractivity contribution in [2.45, 2.75) is 13.3 Å². The quantitative estimate of drug-likeness (QED) is 0.601. The van der Waals surface area contributed by atoms with Crippen LogP contribution in [0.3, 0.4) is 0 Å². The first kappa shape index (κ1) is 8.72. The number of benzene rings is 1. The summed E-state index contributed by atoms with van der Waals surface area (Å²) in [5.74, 6) is 0. The molecular weight excluding hydrogens is 146 g/mol. The molecule has 0 unspecified atom stereocenters. The van der Waals surface area contributed by atoms with Gasteiger partial charge in [-0.25, -0.2) is 0 Å². The van der Waals surface area contributed by atoms with Crippen molar-refractivity contribution < 1.29 is 0 Å². The second-order valence-electron chi connectivity index (χ2n) is 2.51. The average molecular weight is 159 g/mol. The Bertz CT molecular complexity index is 287. The van der Waals surface area contributed by atoms with Crippen molar-refractivity contribution >= 4 is 6.21 Å². The molecule has 0 heterocycles. The van der Waals surface area contributed by atoms with E-state index in [4.69, 9.17) is 0 Å². The fraction of sp³-hybridized carbons (Fsp3) is 0.182. The molecule has 0 fully saturated rings. The molecule has 62 valence electrons. The average Bonchev–Trinajstić information content (AvgIpc) is 2.15. The zero-order valence-corrected chi connectivity index (χ0v) is 7.33. The Balaban J connectivity index is 2.96.